The molecule has 2 aliphatic rings. The van der Waals surface area contributed by atoms with Crippen LogP contribution in [-0.4, -0.2) is 36.6 Å². The van der Waals surface area contributed by atoms with Crippen LogP contribution < -0.4 is 5.32 Å². The molecule has 0 amide bonds. The smallest absolute Gasteiger partial charge is 0.108 e. The molecular formula is C14H25N3. The van der Waals surface area contributed by atoms with Gasteiger partial charge in [-0.2, -0.15) is 5.26 Å². The van der Waals surface area contributed by atoms with Gasteiger partial charge in [-0.15, -0.1) is 0 Å². The summed E-state index contributed by atoms with van der Waals surface area (Å²) in [6.07, 6.45) is 5.60. The average molecular weight is 235 g/mol. The summed E-state index contributed by atoms with van der Waals surface area (Å²) < 4.78 is 0. The van der Waals surface area contributed by atoms with Gasteiger partial charge in [0.25, 0.3) is 0 Å². The molecule has 3 nitrogen and oxygen atoms in total. The van der Waals surface area contributed by atoms with E-state index in [1.54, 1.807) is 0 Å². The van der Waals surface area contributed by atoms with Crippen molar-refractivity contribution in [2.24, 2.45) is 11.8 Å². The third-order valence-corrected chi connectivity index (χ3v) is 3.56. The van der Waals surface area contributed by atoms with E-state index in [4.69, 9.17) is 0 Å². The van der Waals surface area contributed by atoms with Crippen LogP contribution in [0.15, 0.2) is 0 Å². The zero-order chi connectivity index (χ0) is 12.3. The van der Waals surface area contributed by atoms with Gasteiger partial charge in [-0.1, -0.05) is 0 Å². The monoisotopic (exact) mass is 235 g/mol. The van der Waals surface area contributed by atoms with Crippen LogP contribution in [0.5, 0.6) is 0 Å². The summed E-state index contributed by atoms with van der Waals surface area (Å²) in [5.41, 5.74) is 0. The van der Waals surface area contributed by atoms with Gasteiger partial charge in [-0.25, -0.2) is 0 Å². The topological polar surface area (TPSA) is 39.1 Å². The maximum Gasteiger partial charge on any atom is 0.108 e. The number of rotatable bonds is 8. The first kappa shape index (κ1) is 12.9. The molecule has 3 heteroatoms. The predicted molar refractivity (Wildman–Crippen MR) is 69.6 cm³/mol. The van der Waals surface area contributed by atoms with Crippen LogP contribution in [0.25, 0.3) is 0 Å². The Balaban J connectivity index is 1.78. The Morgan fingerprint density at radius 3 is 2.06 bits per heavy atom. The van der Waals surface area contributed by atoms with Crippen LogP contribution in [0.2, 0.25) is 0 Å². The van der Waals surface area contributed by atoms with Gasteiger partial charge in [0.2, 0.25) is 0 Å². The summed E-state index contributed by atoms with van der Waals surface area (Å²) >= 11 is 0. The Labute approximate surface area is 105 Å². The van der Waals surface area contributed by atoms with Gasteiger partial charge in [0.05, 0.1) is 6.07 Å². The molecule has 17 heavy (non-hydrogen) atoms. The Kier molecular flexibility index (Phi) is 4.42. The lowest BCUT2D eigenvalue weighted by Gasteiger charge is -2.26. The first-order chi connectivity index (χ1) is 8.17. The van der Waals surface area contributed by atoms with Crippen molar-refractivity contribution < 1.29 is 0 Å². The lowest BCUT2D eigenvalue weighted by Crippen LogP contribution is -2.44. The minimum absolute atomic E-state index is 0.00694. The van der Waals surface area contributed by atoms with Crippen molar-refractivity contribution in [1.82, 2.24) is 10.2 Å². The van der Waals surface area contributed by atoms with Crippen molar-refractivity contribution in [2.75, 3.05) is 19.6 Å². The van der Waals surface area contributed by atoms with E-state index in [2.05, 4.69) is 30.1 Å². The molecule has 0 bridgehead atoms. The molecule has 2 fully saturated rings. The lowest BCUT2D eigenvalue weighted by molar-refractivity contribution is 0.235. The molecule has 0 spiro atoms. The zero-order valence-corrected chi connectivity index (χ0v) is 11.2. The second kappa shape index (κ2) is 5.84. The molecule has 1 N–H and O–H groups in total. The van der Waals surface area contributed by atoms with Crippen molar-refractivity contribution in [1.29, 1.82) is 5.26 Å². The maximum absolute atomic E-state index is 9.18. The highest BCUT2D eigenvalue weighted by atomic mass is 15.2. The predicted octanol–water partition coefficient (Wildman–Crippen LogP) is 2.00. The molecule has 1 atom stereocenters. The molecule has 0 aromatic carbocycles. The van der Waals surface area contributed by atoms with Crippen LogP contribution in [0.1, 0.15) is 39.5 Å². The van der Waals surface area contributed by atoms with Gasteiger partial charge in [-0.3, -0.25) is 5.32 Å². The van der Waals surface area contributed by atoms with E-state index in [0.717, 1.165) is 18.4 Å². The minimum Gasteiger partial charge on any atom is -0.300 e. The van der Waals surface area contributed by atoms with Crippen LogP contribution >= 0.6 is 0 Å². The van der Waals surface area contributed by atoms with Crippen molar-refractivity contribution in [3.63, 3.8) is 0 Å². The van der Waals surface area contributed by atoms with Gasteiger partial charge < -0.3 is 4.90 Å². The van der Waals surface area contributed by atoms with E-state index >= 15 is 0 Å². The number of nitriles is 1. The van der Waals surface area contributed by atoms with Crippen molar-refractivity contribution >= 4 is 0 Å². The Morgan fingerprint density at radius 1 is 1.18 bits per heavy atom. The van der Waals surface area contributed by atoms with E-state index in [-0.39, 0.29) is 6.04 Å². The lowest BCUT2D eigenvalue weighted by atomic mass is 10.2. The van der Waals surface area contributed by atoms with Crippen LogP contribution in [0, 0.1) is 23.2 Å². The zero-order valence-electron chi connectivity index (χ0n) is 11.2. The fourth-order valence-electron chi connectivity index (χ4n) is 2.35. The minimum atomic E-state index is -0.00694. The number of nitrogens with one attached hydrogen (secondary N) is 1. The second-order valence-corrected chi connectivity index (χ2v) is 6.11. The molecule has 2 rings (SSSR count). The summed E-state index contributed by atoms with van der Waals surface area (Å²) in [5, 5.41) is 12.5. The van der Waals surface area contributed by atoms with Gasteiger partial charge >= 0.3 is 0 Å². The SMILES string of the molecule is CC(C)NC(C#N)CN(CC1CC1)CC1CC1. The Bertz CT molecular complexity index is 260. The Hall–Kier alpha value is -0.590. The summed E-state index contributed by atoms with van der Waals surface area (Å²) in [6.45, 7) is 7.55. The fraction of sp³-hybridized carbons (Fsp3) is 0.929. The first-order valence-corrected chi connectivity index (χ1v) is 7.05. The second-order valence-electron chi connectivity index (χ2n) is 6.11. The van der Waals surface area contributed by atoms with E-state index in [9.17, 15) is 5.26 Å². The normalized spacial score (nSPS) is 21.8. The summed E-state index contributed by atoms with van der Waals surface area (Å²) in [4.78, 5) is 2.53. The molecule has 1 unspecified atom stereocenters. The molecule has 96 valence electrons. The quantitative estimate of drug-likeness (QED) is 0.699. The first-order valence-electron chi connectivity index (χ1n) is 7.05. The van der Waals surface area contributed by atoms with Crippen LogP contribution in [0.3, 0.4) is 0 Å². The van der Waals surface area contributed by atoms with Crippen LogP contribution in [-0.2, 0) is 0 Å². The van der Waals surface area contributed by atoms with Crippen molar-refractivity contribution in [3.05, 3.63) is 0 Å². The molecule has 0 radical (unpaired) electrons. The van der Waals surface area contributed by atoms with Gasteiger partial charge in [0.1, 0.15) is 6.04 Å². The number of hydrogen-bond donors (Lipinski definition) is 1. The van der Waals surface area contributed by atoms with Crippen LogP contribution in [0.4, 0.5) is 0 Å². The summed E-state index contributed by atoms with van der Waals surface area (Å²) in [6, 6.07) is 2.78. The third-order valence-electron chi connectivity index (χ3n) is 3.56. The van der Waals surface area contributed by atoms with E-state index in [1.807, 2.05) is 0 Å². The average Bonchev–Trinajstić information content (AvgIpc) is 3.11. The molecule has 0 aliphatic heterocycles. The highest BCUT2D eigenvalue weighted by molar-refractivity contribution is 4.94. The van der Waals surface area contributed by atoms with E-state index < -0.39 is 0 Å². The van der Waals surface area contributed by atoms with Gasteiger partial charge in [-0.05, 0) is 51.4 Å². The number of hydrogen-bond acceptors (Lipinski definition) is 3. The molecule has 2 aliphatic carbocycles. The summed E-state index contributed by atoms with van der Waals surface area (Å²) in [7, 11) is 0. The molecule has 0 aromatic heterocycles. The highest BCUT2D eigenvalue weighted by Crippen LogP contribution is 2.33. The molecule has 0 heterocycles. The summed E-state index contributed by atoms with van der Waals surface area (Å²) in [5.74, 6) is 1.85. The standard InChI is InChI=1S/C14H25N3/c1-11(2)16-14(7-15)10-17(8-12-3-4-12)9-13-5-6-13/h11-14,16H,3-6,8-10H2,1-2H3. The number of nitrogens with zero attached hydrogens (tertiary/aromatic N) is 2. The third kappa shape index (κ3) is 5.06. The van der Waals surface area contributed by atoms with Crippen molar-refractivity contribution in [3.8, 4) is 6.07 Å². The largest absolute Gasteiger partial charge is 0.300 e. The fourth-order valence-corrected chi connectivity index (χ4v) is 2.35. The molecule has 0 aromatic rings. The highest BCUT2D eigenvalue weighted by Gasteiger charge is 2.30. The maximum atomic E-state index is 9.18. The van der Waals surface area contributed by atoms with Crippen molar-refractivity contribution in [2.45, 2.75) is 51.6 Å². The van der Waals surface area contributed by atoms with E-state index in [0.29, 0.717) is 6.04 Å². The van der Waals surface area contributed by atoms with E-state index in [1.165, 1.54) is 38.8 Å². The Morgan fingerprint density at radius 2 is 1.71 bits per heavy atom. The van der Waals surface area contributed by atoms with Gasteiger partial charge in [0, 0.05) is 25.7 Å². The molecule has 0 saturated heterocycles. The molecule has 2 saturated carbocycles. The molecular weight excluding hydrogens is 210 g/mol. The van der Waals surface area contributed by atoms with Gasteiger partial charge in [0.15, 0.2) is 0 Å².